The average Bonchev–Trinajstić information content (AvgIpc) is 2.79. The first-order valence-corrected chi connectivity index (χ1v) is 11.4. The fourth-order valence-corrected chi connectivity index (χ4v) is 4.56. The van der Waals surface area contributed by atoms with Crippen LogP contribution in [0.15, 0.2) is 30.6 Å². The van der Waals surface area contributed by atoms with E-state index in [0.29, 0.717) is 10.6 Å². The minimum atomic E-state index is 0.0363. The third-order valence-electron chi connectivity index (χ3n) is 5.92. The molecule has 0 N–H and O–H groups in total. The lowest BCUT2D eigenvalue weighted by atomic mass is 10.1. The Balaban J connectivity index is 1.36. The number of piperidine rings is 1. The van der Waals surface area contributed by atoms with Crippen LogP contribution in [0, 0.1) is 0 Å². The Kier molecular flexibility index (Phi) is 6.92. The second-order valence-electron chi connectivity index (χ2n) is 8.62. The quantitative estimate of drug-likeness (QED) is 0.709. The summed E-state index contributed by atoms with van der Waals surface area (Å²) in [7, 11) is 4.12. The molecule has 0 atom stereocenters. The zero-order valence-corrected chi connectivity index (χ0v) is 19.2. The second kappa shape index (κ2) is 9.83. The van der Waals surface area contributed by atoms with Gasteiger partial charge in [0.05, 0.1) is 10.6 Å². The maximum atomic E-state index is 12.7. The molecule has 8 heteroatoms. The molecule has 7 nitrogen and oxygen atoms in total. The molecule has 2 fully saturated rings. The molecule has 4 rings (SSSR count). The number of amides is 1. The van der Waals surface area contributed by atoms with Gasteiger partial charge in [0.15, 0.2) is 0 Å². The lowest BCUT2D eigenvalue weighted by molar-refractivity contribution is 0.0724. The average molecular weight is 443 g/mol. The minimum absolute atomic E-state index is 0.0363. The number of piperazine rings is 1. The van der Waals surface area contributed by atoms with Gasteiger partial charge < -0.3 is 19.6 Å². The molecule has 0 unspecified atom stereocenters. The predicted molar refractivity (Wildman–Crippen MR) is 125 cm³/mol. The van der Waals surface area contributed by atoms with Crippen molar-refractivity contribution in [3.63, 3.8) is 0 Å². The number of carbonyl (C=O) groups excluding carboxylic acids is 1. The monoisotopic (exact) mass is 442 g/mol. The number of halogens is 1. The fraction of sp³-hybridized carbons (Fsp3) is 0.522. The molecule has 2 saturated heterocycles. The molecule has 0 saturated carbocycles. The summed E-state index contributed by atoms with van der Waals surface area (Å²) in [6, 6.07) is 6.02. The largest absolute Gasteiger partial charge is 0.353 e. The van der Waals surface area contributed by atoms with E-state index >= 15 is 0 Å². The van der Waals surface area contributed by atoms with Gasteiger partial charge in [-0.05, 0) is 51.1 Å². The SMILES string of the molecule is CN(C)Cc1ccc(N2CCN(c3ncc(C(=O)N4CCCCC4)cc3Cl)CC2)nc1. The van der Waals surface area contributed by atoms with Gasteiger partial charge in [0, 0.05) is 58.2 Å². The van der Waals surface area contributed by atoms with Crippen molar-refractivity contribution in [2.75, 3.05) is 63.2 Å². The number of pyridine rings is 2. The van der Waals surface area contributed by atoms with Gasteiger partial charge in [0.1, 0.15) is 11.6 Å². The van der Waals surface area contributed by atoms with Gasteiger partial charge in [-0.1, -0.05) is 17.7 Å². The molecular weight excluding hydrogens is 412 g/mol. The Morgan fingerprint density at radius 3 is 2.29 bits per heavy atom. The molecule has 2 aliphatic heterocycles. The van der Waals surface area contributed by atoms with Crippen LogP contribution in [0.2, 0.25) is 5.02 Å². The van der Waals surface area contributed by atoms with Crippen LogP contribution in [0.3, 0.4) is 0 Å². The molecule has 0 radical (unpaired) electrons. The van der Waals surface area contributed by atoms with Crippen LogP contribution >= 0.6 is 11.6 Å². The van der Waals surface area contributed by atoms with Crippen molar-refractivity contribution in [3.8, 4) is 0 Å². The Morgan fingerprint density at radius 2 is 1.68 bits per heavy atom. The van der Waals surface area contributed by atoms with E-state index in [4.69, 9.17) is 11.6 Å². The summed E-state index contributed by atoms with van der Waals surface area (Å²) in [5, 5.41) is 0.544. The number of nitrogens with zero attached hydrogens (tertiary/aromatic N) is 6. The van der Waals surface area contributed by atoms with Crippen molar-refractivity contribution in [2.24, 2.45) is 0 Å². The van der Waals surface area contributed by atoms with E-state index in [1.165, 1.54) is 12.0 Å². The molecule has 0 spiro atoms. The van der Waals surface area contributed by atoms with Crippen LogP contribution < -0.4 is 9.80 Å². The Labute approximate surface area is 189 Å². The number of rotatable bonds is 5. The molecule has 4 heterocycles. The smallest absolute Gasteiger partial charge is 0.255 e. The van der Waals surface area contributed by atoms with Crippen LogP contribution in [0.1, 0.15) is 35.2 Å². The highest BCUT2D eigenvalue weighted by atomic mass is 35.5. The first-order chi connectivity index (χ1) is 15.0. The van der Waals surface area contributed by atoms with Crippen LogP contribution in [0.4, 0.5) is 11.6 Å². The van der Waals surface area contributed by atoms with E-state index in [9.17, 15) is 4.79 Å². The highest BCUT2D eigenvalue weighted by Crippen LogP contribution is 2.27. The number of hydrogen-bond donors (Lipinski definition) is 0. The number of hydrogen-bond acceptors (Lipinski definition) is 6. The van der Waals surface area contributed by atoms with Gasteiger partial charge in [-0.2, -0.15) is 0 Å². The van der Waals surface area contributed by atoms with Crippen molar-refractivity contribution in [1.29, 1.82) is 0 Å². The van der Waals surface area contributed by atoms with Crippen molar-refractivity contribution in [2.45, 2.75) is 25.8 Å². The molecule has 1 amide bonds. The fourth-order valence-electron chi connectivity index (χ4n) is 4.27. The molecular formula is C23H31ClN6O. The van der Waals surface area contributed by atoms with Crippen LogP contribution in [0.25, 0.3) is 0 Å². The van der Waals surface area contributed by atoms with Gasteiger partial charge in [-0.15, -0.1) is 0 Å². The Hall–Kier alpha value is -2.38. The van der Waals surface area contributed by atoms with Crippen molar-refractivity contribution in [1.82, 2.24) is 19.8 Å². The normalized spacial score (nSPS) is 17.4. The molecule has 0 bridgehead atoms. The molecule has 166 valence electrons. The molecule has 2 aromatic rings. The van der Waals surface area contributed by atoms with E-state index in [-0.39, 0.29) is 5.91 Å². The minimum Gasteiger partial charge on any atom is -0.353 e. The second-order valence-corrected chi connectivity index (χ2v) is 9.03. The highest BCUT2D eigenvalue weighted by molar-refractivity contribution is 6.33. The standard InChI is InChI=1S/C23H31ClN6O/c1-27(2)17-18-6-7-21(25-15-18)28-10-12-29(13-11-28)22-20(24)14-19(16-26-22)23(31)30-8-4-3-5-9-30/h6-7,14-16H,3-5,8-13,17H2,1-2H3. The van der Waals surface area contributed by atoms with E-state index in [0.717, 1.165) is 70.3 Å². The van der Waals surface area contributed by atoms with Gasteiger partial charge in [0.25, 0.3) is 5.91 Å². The summed E-state index contributed by atoms with van der Waals surface area (Å²) in [5.74, 6) is 1.80. The van der Waals surface area contributed by atoms with Gasteiger partial charge >= 0.3 is 0 Å². The van der Waals surface area contributed by atoms with E-state index in [1.807, 2.05) is 11.1 Å². The van der Waals surface area contributed by atoms with Crippen molar-refractivity contribution in [3.05, 3.63) is 46.7 Å². The molecule has 2 aliphatic rings. The molecule has 0 aromatic carbocycles. The zero-order chi connectivity index (χ0) is 21.8. The van der Waals surface area contributed by atoms with Crippen LogP contribution in [-0.4, -0.2) is 79.0 Å². The number of aromatic nitrogens is 2. The highest BCUT2D eigenvalue weighted by Gasteiger charge is 2.23. The molecule has 0 aliphatic carbocycles. The number of carbonyl (C=O) groups is 1. The Morgan fingerprint density at radius 1 is 0.968 bits per heavy atom. The summed E-state index contributed by atoms with van der Waals surface area (Å²) in [5.41, 5.74) is 1.79. The third-order valence-corrected chi connectivity index (χ3v) is 6.20. The molecule has 2 aromatic heterocycles. The van der Waals surface area contributed by atoms with Crippen molar-refractivity contribution < 1.29 is 4.79 Å². The van der Waals surface area contributed by atoms with Gasteiger partial charge in [-0.25, -0.2) is 9.97 Å². The van der Waals surface area contributed by atoms with Gasteiger partial charge in [-0.3, -0.25) is 4.79 Å². The summed E-state index contributed by atoms with van der Waals surface area (Å²) in [6.07, 6.45) is 6.97. The Bertz CT molecular complexity index is 889. The first kappa shape index (κ1) is 21.8. The predicted octanol–water partition coefficient (Wildman–Crippen LogP) is 3.14. The van der Waals surface area contributed by atoms with E-state index in [2.05, 4.69) is 50.9 Å². The first-order valence-electron chi connectivity index (χ1n) is 11.1. The number of likely N-dealkylation sites (tertiary alicyclic amines) is 1. The summed E-state index contributed by atoms with van der Waals surface area (Å²) in [4.78, 5) is 30.4. The maximum Gasteiger partial charge on any atom is 0.255 e. The summed E-state index contributed by atoms with van der Waals surface area (Å²) in [6.45, 7) is 5.87. The van der Waals surface area contributed by atoms with Crippen LogP contribution in [0.5, 0.6) is 0 Å². The van der Waals surface area contributed by atoms with Crippen molar-refractivity contribution >= 4 is 29.1 Å². The number of anilines is 2. The molecule has 31 heavy (non-hydrogen) atoms. The van der Waals surface area contributed by atoms with Crippen LogP contribution in [-0.2, 0) is 6.54 Å². The van der Waals surface area contributed by atoms with E-state index in [1.54, 1.807) is 12.3 Å². The zero-order valence-electron chi connectivity index (χ0n) is 18.4. The van der Waals surface area contributed by atoms with E-state index < -0.39 is 0 Å². The summed E-state index contributed by atoms with van der Waals surface area (Å²) >= 11 is 6.55. The third kappa shape index (κ3) is 5.28. The topological polar surface area (TPSA) is 55.8 Å². The van der Waals surface area contributed by atoms with Gasteiger partial charge in [0.2, 0.25) is 0 Å². The maximum absolute atomic E-state index is 12.7. The lowest BCUT2D eigenvalue weighted by Gasteiger charge is -2.36. The summed E-state index contributed by atoms with van der Waals surface area (Å²) < 4.78 is 0. The lowest BCUT2D eigenvalue weighted by Crippen LogP contribution is -2.47.